The van der Waals surface area contributed by atoms with Crippen molar-refractivity contribution in [1.82, 2.24) is 4.72 Å². The Morgan fingerprint density at radius 2 is 2.04 bits per heavy atom. The first-order valence-corrected chi connectivity index (χ1v) is 8.83. The highest BCUT2D eigenvalue weighted by molar-refractivity contribution is 7.89. The quantitative estimate of drug-likeness (QED) is 0.814. The molecule has 1 amide bonds. The zero-order valence-electron chi connectivity index (χ0n) is 13.1. The van der Waals surface area contributed by atoms with Gasteiger partial charge in [0.15, 0.2) is 0 Å². The molecule has 23 heavy (non-hydrogen) atoms. The lowest BCUT2D eigenvalue weighted by atomic mass is 10.1. The second-order valence-corrected chi connectivity index (χ2v) is 7.00. The topological polar surface area (TPSA) is 88.4 Å². The van der Waals surface area contributed by atoms with E-state index >= 15 is 0 Å². The highest BCUT2D eigenvalue weighted by atomic mass is 32.2. The molecule has 0 saturated heterocycles. The van der Waals surface area contributed by atoms with Crippen LogP contribution in [0.4, 0.5) is 5.69 Å². The Labute approximate surface area is 135 Å². The number of furan rings is 1. The van der Waals surface area contributed by atoms with E-state index in [1.165, 1.54) is 18.4 Å². The van der Waals surface area contributed by atoms with Crippen molar-refractivity contribution >= 4 is 21.6 Å². The fourth-order valence-corrected chi connectivity index (χ4v) is 2.89. The van der Waals surface area contributed by atoms with E-state index in [1.54, 1.807) is 24.3 Å². The first-order valence-electron chi connectivity index (χ1n) is 7.35. The van der Waals surface area contributed by atoms with Crippen molar-refractivity contribution in [2.24, 2.45) is 5.92 Å². The molecular weight excluding hydrogens is 316 g/mol. The van der Waals surface area contributed by atoms with Gasteiger partial charge < -0.3 is 9.73 Å². The number of benzene rings is 1. The van der Waals surface area contributed by atoms with Gasteiger partial charge in [0.1, 0.15) is 5.76 Å². The zero-order chi connectivity index (χ0) is 16.9. The molecule has 0 bridgehead atoms. The van der Waals surface area contributed by atoms with Gasteiger partial charge >= 0.3 is 0 Å². The lowest BCUT2D eigenvalue weighted by molar-refractivity contribution is -0.119. The first-order chi connectivity index (χ1) is 10.9. The number of rotatable bonds is 7. The Morgan fingerprint density at radius 3 is 2.70 bits per heavy atom. The predicted molar refractivity (Wildman–Crippen MR) is 87.3 cm³/mol. The van der Waals surface area contributed by atoms with Crippen molar-refractivity contribution in [3.8, 4) is 0 Å². The molecule has 124 valence electrons. The second kappa shape index (κ2) is 7.43. The minimum absolute atomic E-state index is 0.0682. The van der Waals surface area contributed by atoms with Gasteiger partial charge in [-0.25, -0.2) is 13.1 Å². The van der Waals surface area contributed by atoms with E-state index in [4.69, 9.17) is 4.42 Å². The van der Waals surface area contributed by atoms with Gasteiger partial charge in [0.2, 0.25) is 15.9 Å². The molecule has 7 heteroatoms. The number of anilines is 1. The van der Waals surface area contributed by atoms with E-state index in [2.05, 4.69) is 10.0 Å². The van der Waals surface area contributed by atoms with Crippen LogP contribution in [0.5, 0.6) is 0 Å². The highest BCUT2D eigenvalue weighted by Crippen LogP contribution is 2.17. The molecule has 0 unspecified atom stereocenters. The average Bonchev–Trinajstić information content (AvgIpc) is 3.06. The molecule has 1 atom stereocenters. The highest BCUT2D eigenvalue weighted by Gasteiger charge is 2.16. The van der Waals surface area contributed by atoms with Gasteiger partial charge in [-0.1, -0.05) is 19.9 Å². The van der Waals surface area contributed by atoms with Crippen molar-refractivity contribution in [1.29, 1.82) is 0 Å². The SMILES string of the molecule is CC[C@H](C)C(=O)Nc1cccc(S(=O)(=O)NCc2ccco2)c1. The molecule has 2 aromatic rings. The number of amides is 1. The van der Waals surface area contributed by atoms with Gasteiger partial charge in [-0.05, 0) is 36.8 Å². The molecular formula is C16H20N2O4S. The molecule has 2 N–H and O–H groups in total. The molecule has 2 rings (SSSR count). The Hall–Kier alpha value is -2.12. The van der Waals surface area contributed by atoms with Gasteiger partial charge in [0, 0.05) is 11.6 Å². The maximum absolute atomic E-state index is 12.3. The van der Waals surface area contributed by atoms with Gasteiger partial charge in [-0.15, -0.1) is 0 Å². The molecule has 0 aliphatic heterocycles. The van der Waals surface area contributed by atoms with Crippen LogP contribution in [0.2, 0.25) is 0 Å². The summed E-state index contributed by atoms with van der Waals surface area (Å²) in [4.78, 5) is 12.0. The fraction of sp³-hybridized carbons (Fsp3) is 0.312. The number of hydrogen-bond donors (Lipinski definition) is 2. The molecule has 0 radical (unpaired) electrons. The zero-order valence-corrected chi connectivity index (χ0v) is 13.9. The Morgan fingerprint density at radius 1 is 1.26 bits per heavy atom. The molecule has 0 aliphatic carbocycles. The molecule has 0 saturated carbocycles. The van der Waals surface area contributed by atoms with E-state index in [-0.39, 0.29) is 23.3 Å². The van der Waals surface area contributed by atoms with Crippen LogP contribution in [-0.2, 0) is 21.4 Å². The monoisotopic (exact) mass is 336 g/mol. The number of hydrogen-bond acceptors (Lipinski definition) is 4. The number of carbonyl (C=O) groups excluding carboxylic acids is 1. The molecule has 6 nitrogen and oxygen atoms in total. The standard InChI is InChI=1S/C16H20N2O4S/c1-3-12(2)16(19)18-13-6-4-8-15(10-13)23(20,21)17-11-14-7-5-9-22-14/h4-10,12,17H,3,11H2,1-2H3,(H,18,19)/t12-/m0/s1. The van der Waals surface area contributed by atoms with Gasteiger partial charge in [0.05, 0.1) is 17.7 Å². The average molecular weight is 336 g/mol. The van der Waals surface area contributed by atoms with Crippen molar-refractivity contribution in [2.45, 2.75) is 31.7 Å². The third kappa shape index (κ3) is 4.67. The first kappa shape index (κ1) is 17.2. The Balaban J connectivity index is 2.10. The molecule has 1 aromatic carbocycles. The normalized spacial score (nSPS) is 12.8. The lowest BCUT2D eigenvalue weighted by Gasteiger charge is -2.11. The number of carbonyl (C=O) groups is 1. The van der Waals surface area contributed by atoms with Crippen LogP contribution in [-0.4, -0.2) is 14.3 Å². The molecule has 0 fully saturated rings. The van der Waals surface area contributed by atoms with E-state index in [0.717, 1.165) is 0 Å². The summed E-state index contributed by atoms with van der Waals surface area (Å²) in [6, 6.07) is 9.54. The Kier molecular flexibility index (Phi) is 5.57. The van der Waals surface area contributed by atoms with E-state index < -0.39 is 10.0 Å². The maximum Gasteiger partial charge on any atom is 0.241 e. The minimum Gasteiger partial charge on any atom is -0.468 e. The van der Waals surface area contributed by atoms with E-state index in [9.17, 15) is 13.2 Å². The molecule has 0 aliphatic rings. The second-order valence-electron chi connectivity index (χ2n) is 5.23. The van der Waals surface area contributed by atoms with E-state index in [1.807, 2.05) is 13.8 Å². The maximum atomic E-state index is 12.3. The summed E-state index contributed by atoms with van der Waals surface area (Å²) in [5.74, 6) is 0.257. The van der Waals surface area contributed by atoms with Crippen LogP contribution in [0.25, 0.3) is 0 Å². The van der Waals surface area contributed by atoms with Crippen molar-refractivity contribution in [3.05, 3.63) is 48.4 Å². The van der Waals surface area contributed by atoms with E-state index in [0.29, 0.717) is 17.9 Å². The third-order valence-corrected chi connectivity index (χ3v) is 4.89. The predicted octanol–water partition coefficient (Wildman–Crippen LogP) is 2.74. The number of sulfonamides is 1. The summed E-state index contributed by atoms with van der Waals surface area (Å²) in [5, 5.41) is 2.73. The minimum atomic E-state index is -3.68. The summed E-state index contributed by atoms with van der Waals surface area (Å²) >= 11 is 0. The molecule has 1 aromatic heterocycles. The van der Waals surface area contributed by atoms with Crippen LogP contribution >= 0.6 is 0 Å². The van der Waals surface area contributed by atoms with Crippen LogP contribution in [0.3, 0.4) is 0 Å². The smallest absolute Gasteiger partial charge is 0.241 e. The van der Waals surface area contributed by atoms with Crippen LogP contribution in [0.15, 0.2) is 52.0 Å². The molecule has 1 heterocycles. The van der Waals surface area contributed by atoms with Crippen molar-refractivity contribution in [3.63, 3.8) is 0 Å². The largest absolute Gasteiger partial charge is 0.468 e. The summed E-state index contributed by atoms with van der Waals surface area (Å²) < 4.78 is 32.1. The van der Waals surface area contributed by atoms with Crippen LogP contribution in [0, 0.1) is 5.92 Å². The summed E-state index contributed by atoms with van der Waals surface area (Å²) in [6.07, 6.45) is 2.20. The van der Waals surface area contributed by atoms with Gasteiger partial charge in [0.25, 0.3) is 0 Å². The molecule has 0 spiro atoms. The summed E-state index contributed by atoms with van der Waals surface area (Å²) in [7, 11) is -3.68. The van der Waals surface area contributed by atoms with Crippen LogP contribution in [0.1, 0.15) is 26.0 Å². The van der Waals surface area contributed by atoms with Crippen molar-refractivity contribution < 1.29 is 17.6 Å². The van der Waals surface area contributed by atoms with Gasteiger partial charge in [-0.2, -0.15) is 0 Å². The van der Waals surface area contributed by atoms with Crippen LogP contribution < -0.4 is 10.0 Å². The third-order valence-electron chi connectivity index (χ3n) is 3.49. The Bertz CT molecular complexity index is 754. The summed E-state index contributed by atoms with van der Waals surface area (Å²) in [6.45, 7) is 3.81. The van der Waals surface area contributed by atoms with Gasteiger partial charge in [-0.3, -0.25) is 4.79 Å². The number of nitrogens with one attached hydrogen (secondary N) is 2. The van der Waals surface area contributed by atoms with Crippen molar-refractivity contribution in [2.75, 3.05) is 5.32 Å². The fourth-order valence-electron chi connectivity index (χ4n) is 1.85. The summed E-state index contributed by atoms with van der Waals surface area (Å²) in [5.41, 5.74) is 0.455. The lowest BCUT2D eigenvalue weighted by Crippen LogP contribution is -2.23.